The average molecular weight is 242 g/mol. The molecule has 0 aromatic heterocycles. The first-order chi connectivity index (χ1) is 8.63. The van der Waals surface area contributed by atoms with Crippen LogP contribution in [0.3, 0.4) is 0 Å². The Labute approximate surface area is 108 Å². The monoisotopic (exact) mass is 242 g/mol. The summed E-state index contributed by atoms with van der Waals surface area (Å²) in [5, 5.41) is 8.75. The van der Waals surface area contributed by atoms with Crippen LogP contribution < -0.4 is 0 Å². The summed E-state index contributed by atoms with van der Waals surface area (Å²) >= 11 is 0. The topological polar surface area (TPSA) is 44.1 Å². The smallest absolute Gasteiger partial charge is 0.254 e. The number of carbonyl (C=O) groups excluding carboxylic acids is 1. The number of hydrogen-bond donors (Lipinski definition) is 0. The van der Waals surface area contributed by atoms with E-state index in [1.807, 2.05) is 4.90 Å². The van der Waals surface area contributed by atoms with Crippen molar-refractivity contribution in [2.75, 3.05) is 6.54 Å². The molecule has 18 heavy (non-hydrogen) atoms. The highest BCUT2D eigenvalue weighted by Crippen LogP contribution is 2.24. The lowest BCUT2D eigenvalue weighted by Crippen LogP contribution is -2.46. The van der Waals surface area contributed by atoms with Crippen molar-refractivity contribution in [3.05, 3.63) is 35.4 Å². The van der Waals surface area contributed by atoms with Gasteiger partial charge in [0.05, 0.1) is 11.6 Å². The average Bonchev–Trinajstić information content (AvgIpc) is 2.41. The van der Waals surface area contributed by atoms with Crippen LogP contribution in [0, 0.1) is 17.2 Å². The van der Waals surface area contributed by atoms with Gasteiger partial charge in [-0.2, -0.15) is 5.26 Å². The standard InChI is InChI=1S/C15H18N2O/c1-11-4-3-9-17(12(11)2)15(18)14-7-5-13(10-16)6-8-14/h5-8,11-12H,3-4,9H2,1-2H3. The number of nitriles is 1. The second kappa shape index (κ2) is 5.22. The lowest BCUT2D eigenvalue weighted by molar-refractivity contribution is 0.0551. The van der Waals surface area contributed by atoms with Gasteiger partial charge in [-0.05, 0) is 49.9 Å². The van der Waals surface area contributed by atoms with Gasteiger partial charge in [-0.15, -0.1) is 0 Å². The third-order valence-electron chi connectivity index (χ3n) is 3.90. The normalized spacial score (nSPS) is 23.5. The molecule has 1 aromatic carbocycles. The lowest BCUT2D eigenvalue weighted by atomic mass is 9.91. The number of benzene rings is 1. The van der Waals surface area contributed by atoms with E-state index in [0.29, 0.717) is 23.1 Å². The van der Waals surface area contributed by atoms with E-state index in [2.05, 4.69) is 19.9 Å². The zero-order chi connectivity index (χ0) is 13.1. The fourth-order valence-corrected chi connectivity index (χ4v) is 2.48. The van der Waals surface area contributed by atoms with Crippen molar-refractivity contribution in [2.24, 2.45) is 5.92 Å². The molecule has 0 spiro atoms. The van der Waals surface area contributed by atoms with Gasteiger partial charge < -0.3 is 4.90 Å². The van der Waals surface area contributed by atoms with Crippen molar-refractivity contribution < 1.29 is 4.79 Å². The summed E-state index contributed by atoms with van der Waals surface area (Å²) in [5.41, 5.74) is 1.27. The molecule has 94 valence electrons. The summed E-state index contributed by atoms with van der Waals surface area (Å²) in [5.74, 6) is 0.639. The fourth-order valence-electron chi connectivity index (χ4n) is 2.48. The Morgan fingerprint density at radius 3 is 2.61 bits per heavy atom. The predicted octanol–water partition coefficient (Wildman–Crippen LogP) is 2.82. The first-order valence-corrected chi connectivity index (χ1v) is 6.44. The molecule has 3 nitrogen and oxygen atoms in total. The molecular weight excluding hydrogens is 224 g/mol. The Morgan fingerprint density at radius 1 is 1.33 bits per heavy atom. The van der Waals surface area contributed by atoms with Crippen LogP contribution in [0.4, 0.5) is 0 Å². The highest BCUT2D eigenvalue weighted by molar-refractivity contribution is 5.94. The van der Waals surface area contributed by atoms with Crippen molar-refractivity contribution in [1.29, 1.82) is 5.26 Å². The molecule has 3 heteroatoms. The molecule has 0 N–H and O–H groups in total. The third-order valence-corrected chi connectivity index (χ3v) is 3.90. The van der Waals surface area contributed by atoms with Crippen LogP contribution in [0.5, 0.6) is 0 Å². The van der Waals surface area contributed by atoms with Gasteiger partial charge in [0.15, 0.2) is 0 Å². The maximum Gasteiger partial charge on any atom is 0.254 e. The third kappa shape index (κ3) is 2.38. The SMILES string of the molecule is CC1CCCN(C(=O)c2ccc(C#N)cc2)C1C. The van der Waals surface area contributed by atoms with Gasteiger partial charge in [0.2, 0.25) is 0 Å². The van der Waals surface area contributed by atoms with E-state index in [-0.39, 0.29) is 5.91 Å². The molecule has 0 saturated carbocycles. The van der Waals surface area contributed by atoms with E-state index in [1.165, 1.54) is 6.42 Å². The maximum atomic E-state index is 12.4. The van der Waals surface area contributed by atoms with Crippen molar-refractivity contribution in [3.63, 3.8) is 0 Å². The minimum absolute atomic E-state index is 0.0820. The van der Waals surface area contributed by atoms with Crippen molar-refractivity contribution >= 4 is 5.91 Å². The Kier molecular flexibility index (Phi) is 3.66. The molecule has 0 bridgehead atoms. The zero-order valence-electron chi connectivity index (χ0n) is 10.9. The van der Waals surface area contributed by atoms with Crippen LogP contribution in [0.2, 0.25) is 0 Å². The molecular formula is C15H18N2O. The van der Waals surface area contributed by atoms with Gasteiger partial charge in [-0.25, -0.2) is 0 Å². The highest BCUT2D eigenvalue weighted by atomic mass is 16.2. The summed E-state index contributed by atoms with van der Waals surface area (Å²) in [6, 6.07) is 9.24. The van der Waals surface area contributed by atoms with Crippen LogP contribution in [-0.2, 0) is 0 Å². The number of amides is 1. The van der Waals surface area contributed by atoms with E-state index in [4.69, 9.17) is 5.26 Å². The van der Waals surface area contributed by atoms with Gasteiger partial charge >= 0.3 is 0 Å². The second-order valence-corrected chi connectivity index (χ2v) is 5.05. The van der Waals surface area contributed by atoms with Crippen LogP contribution in [0.15, 0.2) is 24.3 Å². The van der Waals surface area contributed by atoms with Crippen molar-refractivity contribution in [3.8, 4) is 6.07 Å². The molecule has 2 atom stereocenters. The van der Waals surface area contributed by atoms with Gasteiger partial charge in [0, 0.05) is 18.2 Å². The quantitative estimate of drug-likeness (QED) is 0.760. The largest absolute Gasteiger partial charge is 0.336 e. The number of likely N-dealkylation sites (tertiary alicyclic amines) is 1. The number of carbonyl (C=O) groups is 1. The molecule has 2 unspecified atom stereocenters. The summed E-state index contributed by atoms with van der Waals surface area (Å²) in [6.45, 7) is 5.15. The predicted molar refractivity (Wildman–Crippen MR) is 70.1 cm³/mol. The van der Waals surface area contributed by atoms with Crippen LogP contribution in [0.25, 0.3) is 0 Å². The fraction of sp³-hybridized carbons (Fsp3) is 0.467. The Balaban J connectivity index is 2.17. The number of hydrogen-bond acceptors (Lipinski definition) is 2. The summed E-state index contributed by atoms with van der Waals surface area (Å²) in [4.78, 5) is 14.4. The number of rotatable bonds is 1. The number of nitrogens with zero attached hydrogens (tertiary/aromatic N) is 2. The maximum absolute atomic E-state index is 12.4. The lowest BCUT2D eigenvalue weighted by Gasteiger charge is -2.38. The summed E-state index contributed by atoms with van der Waals surface area (Å²) in [6.07, 6.45) is 2.27. The van der Waals surface area contributed by atoms with E-state index in [9.17, 15) is 4.79 Å². The van der Waals surface area contributed by atoms with E-state index in [1.54, 1.807) is 24.3 Å². The van der Waals surface area contributed by atoms with Crippen molar-refractivity contribution in [1.82, 2.24) is 4.90 Å². The molecule has 1 saturated heterocycles. The molecule has 1 amide bonds. The second-order valence-electron chi connectivity index (χ2n) is 5.05. The Morgan fingerprint density at radius 2 is 2.00 bits per heavy atom. The van der Waals surface area contributed by atoms with E-state index >= 15 is 0 Å². The summed E-state index contributed by atoms with van der Waals surface area (Å²) in [7, 11) is 0. The first-order valence-electron chi connectivity index (χ1n) is 6.44. The molecule has 1 aliphatic heterocycles. The minimum Gasteiger partial charge on any atom is -0.336 e. The highest BCUT2D eigenvalue weighted by Gasteiger charge is 2.28. The summed E-state index contributed by atoms with van der Waals surface area (Å²) < 4.78 is 0. The number of piperidine rings is 1. The van der Waals surface area contributed by atoms with Gasteiger partial charge in [0.25, 0.3) is 5.91 Å². The van der Waals surface area contributed by atoms with Crippen molar-refractivity contribution in [2.45, 2.75) is 32.7 Å². The minimum atomic E-state index is 0.0820. The molecule has 1 aromatic rings. The Hall–Kier alpha value is -1.82. The molecule has 1 fully saturated rings. The van der Waals surface area contributed by atoms with Crippen LogP contribution >= 0.6 is 0 Å². The molecule has 2 rings (SSSR count). The molecule has 1 aliphatic rings. The first kappa shape index (κ1) is 12.6. The zero-order valence-corrected chi connectivity index (χ0v) is 10.9. The Bertz CT molecular complexity index is 472. The van der Waals surface area contributed by atoms with Crippen LogP contribution in [-0.4, -0.2) is 23.4 Å². The molecule has 1 heterocycles. The van der Waals surface area contributed by atoms with Crippen LogP contribution in [0.1, 0.15) is 42.6 Å². The van der Waals surface area contributed by atoms with E-state index in [0.717, 1.165) is 13.0 Å². The van der Waals surface area contributed by atoms with Gasteiger partial charge in [0.1, 0.15) is 0 Å². The molecule has 0 radical (unpaired) electrons. The van der Waals surface area contributed by atoms with E-state index < -0.39 is 0 Å². The van der Waals surface area contributed by atoms with Gasteiger partial charge in [-0.3, -0.25) is 4.79 Å². The van der Waals surface area contributed by atoms with Gasteiger partial charge in [-0.1, -0.05) is 6.92 Å². The molecule has 0 aliphatic carbocycles.